The molecule has 4 rings (SSSR count). The molecule has 0 spiro atoms. The van der Waals surface area contributed by atoms with Gasteiger partial charge < -0.3 is 5.32 Å². The molecule has 160 valence electrons. The number of thioether (sulfide) groups is 1. The van der Waals surface area contributed by atoms with E-state index in [2.05, 4.69) is 15.3 Å². The Hall–Kier alpha value is -3.00. The zero-order valence-corrected chi connectivity index (χ0v) is 18.2. The molecule has 2 aromatic carbocycles. The Labute approximate surface area is 184 Å². The number of carbonyl (C=O) groups excluding carboxylic acids is 2. The number of aliphatic imine (C=N–C) groups is 2. The zero-order valence-electron chi connectivity index (χ0n) is 17.3. The molecule has 0 aromatic heterocycles. The lowest BCUT2D eigenvalue weighted by Gasteiger charge is -2.26. The van der Waals surface area contributed by atoms with Gasteiger partial charge in [0, 0.05) is 12.1 Å². The summed E-state index contributed by atoms with van der Waals surface area (Å²) in [6.07, 6.45) is 1.52. The zero-order chi connectivity index (χ0) is 22.0. The highest BCUT2D eigenvalue weighted by atomic mass is 32.2. The van der Waals surface area contributed by atoms with E-state index in [-0.39, 0.29) is 17.6 Å². The number of amidine groups is 2. The van der Waals surface area contributed by atoms with Gasteiger partial charge in [-0.2, -0.15) is 0 Å². The first kappa shape index (κ1) is 21.2. The summed E-state index contributed by atoms with van der Waals surface area (Å²) in [7, 11) is 0. The number of para-hydroxylation sites is 1. The molecule has 2 aliphatic heterocycles. The lowest BCUT2D eigenvalue weighted by Crippen LogP contribution is -2.42. The van der Waals surface area contributed by atoms with Crippen molar-refractivity contribution < 1.29 is 14.0 Å². The van der Waals surface area contributed by atoms with Crippen LogP contribution < -0.4 is 5.32 Å². The molecule has 2 heterocycles. The number of halogens is 1. The van der Waals surface area contributed by atoms with Crippen molar-refractivity contribution in [1.29, 1.82) is 0 Å². The van der Waals surface area contributed by atoms with Crippen LogP contribution in [0.1, 0.15) is 37.8 Å². The molecule has 8 heteroatoms. The fourth-order valence-corrected chi connectivity index (χ4v) is 4.43. The third-order valence-electron chi connectivity index (χ3n) is 5.14. The van der Waals surface area contributed by atoms with Gasteiger partial charge in [0.1, 0.15) is 17.7 Å². The number of nitrogens with zero attached hydrogens (tertiary/aromatic N) is 3. The lowest BCUT2D eigenvalue weighted by atomic mass is 10.1. The summed E-state index contributed by atoms with van der Waals surface area (Å²) in [5, 5.41) is 2.84. The van der Waals surface area contributed by atoms with Gasteiger partial charge in [-0.25, -0.2) is 14.3 Å². The maximum absolute atomic E-state index is 13.0. The minimum atomic E-state index is -0.483. The molecule has 0 unspecified atom stereocenters. The fourth-order valence-electron chi connectivity index (χ4n) is 3.49. The molecule has 0 fully saturated rings. The molecule has 0 saturated heterocycles. The van der Waals surface area contributed by atoms with Crippen LogP contribution in [0.25, 0.3) is 0 Å². The average molecular weight is 439 g/mol. The number of hydrogen-bond donors (Lipinski definition) is 1. The van der Waals surface area contributed by atoms with E-state index in [1.165, 1.54) is 23.9 Å². The number of rotatable bonds is 6. The summed E-state index contributed by atoms with van der Waals surface area (Å²) in [4.78, 5) is 36.6. The van der Waals surface area contributed by atoms with Crippen molar-refractivity contribution in [2.45, 2.75) is 44.5 Å². The van der Waals surface area contributed by atoms with Crippen molar-refractivity contribution in [2.75, 3.05) is 0 Å². The summed E-state index contributed by atoms with van der Waals surface area (Å²) in [6.45, 7) is 4.10. The van der Waals surface area contributed by atoms with Crippen LogP contribution in [0.5, 0.6) is 0 Å². The molecule has 2 aromatic rings. The second kappa shape index (κ2) is 9.01. The third kappa shape index (κ3) is 4.39. The largest absolute Gasteiger partial charge is 0.351 e. The molecule has 2 atom stereocenters. The number of amides is 2. The van der Waals surface area contributed by atoms with Crippen LogP contribution in [0.15, 0.2) is 58.5 Å². The molecule has 2 amide bonds. The maximum Gasteiger partial charge on any atom is 0.259 e. The summed E-state index contributed by atoms with van der Waals surface area (Å²) >= 11 is 1.23. The predicted octanol–water partition coefficient (Wildman–Crippen LogP) is 4.02. The Bertz CT molecular complexity index is 1070. The van der Waals surface area contributed by atoms with Crippen LogP contribution in [-0.4, -0.2) is 39.0 Å². The van der Waals surface area contributed by atoms with Crippen molar-refractivity contribution in [3.8, 4) is 0 Å². The minimum Gasteiger partial charge on any atom is -0.351 e. The second-order valence-electron chi connectivity index (χ2n) is 7.45. The second-order valence-corrected chi connectivity index (χ2v) is 8.75. The summed E-state index contributed by atoms with van der Waals surface area (Å²) in [5.74, 6) is 0.00170. The predicted molar refractivity (Wildman–Crippen MR) is 121 cm³/mol. The Morgan fingerprint density at radius 3 is 2.71 bits per heavy atom. The van der Waals surface area contributed by atoms with E-state index < -0.39 is 11.3 Å². The third-order valence-corrected chi connectivity index (χ3v) is 6.19. The van der Waals surface area contributed by atoms with Crippen LogP contribution in [0.4, 0.5) is 10.1 Å². The molecule has 0 saturated carbocycles. The van der Waals surface area contributed by atoms with Crippen LogP contribution >= 0.6 is 11.8 Å². The topological polar surface area (TPSA) is 74.1 Å². The SMILES string of the molecule is CCC[C@@H]1N=C2c3ccccc3N=C(S[C@@H](C)C(=O)NCc3ccc(F)cc3)N2C1=O. The molecule has 0 radical (unpaired) electrons. The summed E-state index contributed by atoms with van der Waals surface area (Å²) < 4.78 is 13.0. The standard InChI is InChI=1S/C23H23FN4O2S/c1-3-6-19-22(30)28-20(26-19)17-7-4-5-8-18(17)27-23(28)31-14(2)21(29)25-13-15-9-11-16(24)12-10-15/h4-5,7-12,14,19H,3,6,13H2,1-2H3,(H,25,29)/t14-,19-/m0/s1. The first-order chi connectivity index (χ1) is 15.0. The van der Waals surface area contributed by atoms with Gasteiger partial charge in [0.2, 0.25) is 5.91 Å². The number of benzene rings is 2. The van der Waals surface area contributed by atoms with E-state index in [0.29, 0.717) is 24.0 Å². The average Bonchev–Trinajstić information content (AvgIpc) is 3.10. The van der Waals surface area contributed by atoms with Crippen LogP contribution in [0.3, 0.4) is 0 Å². The van der Waals surface area contributed by atoms with Gasteiger partial charge in [-0.05, 0) is 43.2 Å². The highest BCUT2D eigenvalue weighted by Gasteiger charge is 2.41. The maximum atomic E-state index is 13.0. The molecule has 31 heavy (non-hydrogen) atoms. The van der Waals surface area contributed by atoms with Crippen molar-refractivity contribution >= 4 is 40.3 Å². The quantitative estimate of drug-likeness (QED) is 0.740. The highest BCUT2D eigenvalue weighted by Crippen LogP contribution is 2.35. The first-order valence-electron chi connectivity index (χ1n) is 10.3. The van der Waals surface area contributed by atoms with Crippen LogP contribution in [-0.2, 0) is 16.1 Å². The van der Waals surface area contributed by atoms with E-state index in [0.717, 1.165) is 23.2 Å². The van der Waals surface area contributed by atoms with Gasteiger partial charge in [0.25, 0.3) is 5.91 Å². The Morgan fingerprint density at radius 2 is 1.97 bits per heavy atom. The van der Waals surface area contributed by atoms with Gasteiger partial charge in [-0.1, -0.05) is 49.4 Å². The van der Waals surface area contributed by atoms with E-state index in [4.69, 9.17) is 0 Å². The lowest BCUT2D eigenvalue weighted by molar-refractivity contribution is -0.124. The molecular formula is C23H23FN4O2S. The molecule has 0 aliphatic carbocycles. The molecule has 0 bridgehead atoms. The van der Waals surface area contributed by atoms with E-state index in [1.54, 1.807) is 24.0 Å². The summed E-state index contributed by atoms with van der Waals surface area (Å²) in [6, 6.07) is 13.2. The smallest absolute Gasteiger partial charge is 0.259 e. The number of fused-ring (bicyclic) bond motifs is 3. The Morgan fingerprint density at radius 1 is 1.23 bits per heavy atom. The van der Waals surface area contributed by atoms with Gasteiger partial charge in [-0.3, -0.25) is 14.6 Å². The Kier molecular flexibility index (Phi) is 6.18. The Balaban J connectivity index is 1.51. The number of nitrogens with one attached hydrogen (secondary N) is 1. The molecule has 2 aliphatic rings. The van der Waals surface area contributed by atoms with Crippen molar-refractivity contribution in [3.05, 3.63) is 65.5 Å². The van der Waals surface area contributed by atoms with E-state index in [1.807, 2.05) is 31.2 Å². The van der Waals surface area contributed by atoms with Gasteiger partial charge in [0.05, 0.1) is 10.9 Å². The van der Waals surface area contributed by atoms with Crippen molar-refractivity contribution in [1.82, 2.24) is 10.2 Å². The number of hydrogen-bond acceptors (Lipinski definition) is 5. The normalized spacial score (nSPS) is 18.1. The molecule has 1 N–H and O–H groups in total. The van der Waals surface area contributed by atoms with Crippen molar-refractivity contribution in [2.24, 2.45) is 9.98 Å². The number of carbonyl (C=O) groups is 2. The van der Waals surface area contributed by atoms with Crippen LogP contribution in [0, 0.1) is 5.82 Å². The molecular weight excluding hydrogens is 415 g/mol. The van der Waals surface area contributed by atoms with E-state index >= 15 is 0 Å². The van der Waals surface area contributed by atoms with E-state index in [9.17, 15) is 14.0 Å². The van der Waals surface area contributed by atoms with Gasteiger partial charge in [-0.15, -0.1) is 0 Å². The minimum absolute atomic E-state index is 0.100. The van der Waals surface area contributed by atoms with Gasteiger partial charge >= 0.3 is 0 Å². The molecule has 6 nitrogen and oxygen atoms in total. The summed E-state index contributed by atoms with van der Waals surface area (Å²) in [5.41, 5.74) is 2.37. The van der Waals surface area contributed by atoms with Gasteiger partial charge in [0.15, 0.2) is 5.17 Å². The first-order valence-corrected chi connectivity index (χ1v) is 11.1. The fraction of sp³-hybridized carbons (Fsp3) is 0.304. The van der Waals surface area contributed by atoms with Crippen molar-refractivity contribution in [3.63, 3.8) is 0 Å². The van der Waals surface area contributed by atoms with Crippen LogP contribution in [0.2, 0.25) is 0 Å². The highest BCUT2D eigenvalue weighted by molar-refractivity contribution is 8.15. The monoisotopic (exact) mass is 438 g/mol.